The molecule has 0 radical (unpaired) electrons. The van der Waals surface area contributed by atoms with E-state index in [1.165, 1.54) is 6.08 Å². The molecule has 164 valence electrons. The fourth-order valence-corrected chi connectivity index (χ4v) is 3.49. The van der Waals surface area contributed by atoms with E-state index in [-0.39, 0.29) is 18.0 Å². The van der Waals surface area contributed by atoms with Crippen LogP contribution in [0.5, 0.6) is 5.75 Å². The molecule has 2 N–H and O–H groups in total. The predicted octanol–water partition coefficient (Wildman–Crippen LogP) is 4.70. The molecule has 0 atom stereocenters. The minimum absolute atomic E-state index is 0.183. The van der Waals surface area contributed by atoms with Crippen molar-refractivity contribution >= 4 is 45.0 Å². The van der Waals surface area contributed by atoms with Crippen LogP contribution in [0, 0.1) is 0 Å². The molecule has 0 aliphatic carbocycles. The molecule has 11 heteroatoms. The zero-order chi connectivity index (χ0) is 22.8. The van der Waals surface area contributed by atoms with Gasteiger partial charge in [-0.05, 0) is 48.0 Å². The minimum atomic E-state index is -4.67. The SMILES string of the molecule is CS(=O)(=O)Nc1ccc(C(F)(F)F)cc1NC(=O)/C=C/C1=Cc2cc(Cl)ccc2OC1. The molecule has 6 nitrogen and oxygen atoms in total. The van der Waals surface area contributed by atoms with Gasteiger partial charge in [-0.2, -0.15) is 13.2 Å². The second-order valence-corrected chi connectivity index (χ2v) is 8.83. The first-order valence-corrected chi connectivity index (χ1v) is 11.0. The van der Waals surface area contributed by atoms with E-state index in [2.05, 4.69) is 10.0 Å². The molecule has 0 saturated heterocycles. The Hall–Kier alpha value is -2.98. The van der Waals surface area contributed by atoms with Gasteiger partial charge in [-0.15, -0.1) is 0 Å². The van der Waals surface area contributed by atoms with Gasteiger partial charge in [0.1, 0.15) is 12.4 Å². The van der Waals surface area contributed by atoms with Crippen LogP contribution in [0.4, 0.5) is 24.5 Å². The van der Waals surface area contributed by atoms with Crippen LogP contribution in [-0.4, -0.2) is 27.2 Å². The van der Waals surface area contributed by atoms with Crippen molar-refractivity contribution in [3.63, 3.8) is 0 Å². The molecule has 0 aromatic heterocycles. The Morgan fingerprint density at radius 3 is 2.58 bits per heavy atom. The molecule has 31 heavy (non-hydrogen) atoms. The van der Waals surface area contributed by atoms with Gasteiger partial charge in [-0.1, -0.05) is 17.7 Å². The molecule has 0 spiro atoms. The Morgan fingerprint density at radius 2 is 1.90 bits per heavy atom. The van der Waals surface area contributed by atoms with Crippen molar-refractivity contribution in [3.8, 4) is 5.75 Å². The van der Waals surface area contributed by atoms with Crippen molar-refractivity contribution in [2.75, 3.05) is 22.9 Å². The van der Waals surface area contributed by atoms with Gasteiger partial charge >= 0.3 is 6.18 Å². The van der Waals surface area contributed by atoms with Crippen LogP contribution in [0.15, 0.2) is 54.1 Å². The number of halogens is 4. The molecule has 2 aromatic rings. The zero-order valence-corrected chi connectivity index (χ0v) is 17.5. The normalized spacial score (nSPS) is 13.9. The summed E-state index contributed by atoms with van der Waals surface area (Å²) in [5, 5.41) is 2.78. The van der Waals surface area contributed by atoms with Crippen molar-refractivity contribution in [1.82, 2.24) is 0 Å². The number of ether oxygens (including phenoxy) is 1. The highest BCUT2D eigenvalue weighted by molar-refractivity contribution is 7.92. The van der Waals surface area contributed by atoms with Crippen LogP contribution in [0.2, 0.25) is 5.02 Å². The fourth-order valence-electron chi connectivity index (χ4n) is 2.73. The third kappa shape index (κ3) is 6.25. The Bertz CT molecular complexity index is 1190. The van der Waals surface area contributed by atoms with E-state index in [1.54, 1.807) is 24.3 Å². The van der Waals surface area contributed by atoms with E-state index in [9.17, 15) is 26.4 Å². The molecule has 2 aromatic carbocycles. The molecule has 1 aliphatic heterocycles. The van der Waals surface area contributed by atoms with Gasteiger partial charge in [0.25, 0.3) is 0 Å². The van der Waals surface area contributed by atoms with E-state index < -0.39 is 27.7 Å². The first kappa shape index (κ1) is 22.7. The van der Waals surface area contributed by atoms with Crippen molar-refractivity contribution in [3.05, 3.63) is 70.3 Å². The summed E-state index contributed by atoms with van der Waals surface area (Å²) in [4.78, 5) is 12.3. The number of hydrogen-bond acceptors (Lipinski definition) is 4. The maximum Gasteiger partial charge on any atom is 0.416 e. The summed E-state index contributed by atoms with van der Waals surface area (Å²) >= 11 is 5.95. The fraction of sp³-hybridized carbons (Fsp3) is 0.150. The Labute approximate surface area is 181 Å². The van der Waals surface area contributed by atoms with Crippen LogP contribution >= 0.6 is 11.6 Å². The highest BCUT2D eigenvalue weighted by atomic mass is 35.5. The average molecular weight is 473 g/mol. The lowest BCUT2D eigenvalue weighted by atomic mass is 10.1. The predicted molar refractivity (Wildman–Crippen MR) is 113 cm³/mol. The molecule has 1 aliphatic rings. The summed E-state index contributed by atoms with van der Waals surface area (Å²) < 4.78 is 69.7. The second kappa shape index (κ2) is 8.64. The quantitative estimate of drug-likeness (QED) is 0.618. The van der Waals surface area contributed by atoms with Gasteiger partial charge in [-0.3, -0.25) is 9.52 Å². The van der Waals surface area contributed by atoms with Gasteiger partial charge in [0, 0.05) is 16.7 Å². The van der Waals surface area contributed by atoms with E-state index >= 15 is 0 Å². The van der Waals surface area contributed by atoms with E-state index in [0.29, 0.717) is 28.5 Å². The van der Waals surface area contributed by atoms with Gasteiger partial charge in [0.15, 0.2) is 0 Å². The number of anilines is 2. The molecule has 1 heterocycles. The van der Waals surface area contributed by atoms with Crippen molar-refractivity contribution in [1.29, 1.82) is 0 Å². The number of hydrogen-bond donors (Lipinski definition) is 2. The standard InChI is InChI=1S/C20H16ClF3N2O4S/c1-31(28,29)26-16-5-3-14(20(22,23)24)10-17(16)25-19(27)7-2-12-8-13-9-15(21)4-6-18(13)30-11-12/h2-10,26H,11H2,1H3,(H,25,27)/b7-2+. The third-order valence-electron chi connectivity index (χ3n) is 4.06. The molecule has 0 saturated carbocycles. The monoisotopic (exact) mass is 472 g/mol. The topological polar surface area (TPSA) is 84.5 Å². The number of rotatable bonds is 5. The number of alkyl halides is 3. The summed E-state index contributed by atoms with van der Waals surface area (Å²) in [5.41, 5.74) is -0.218. The first-order valence-electron chi connectivity index (χ1n) is 8.72. The maximum absolute atomic E-state index is 13.0. The average Bonchev–Trinajstić information content (AvgIpc) is 2.65. The minimum Gasteiger partial charge on any atom is -0.488 e. The second-order valence-electron chi connectivity index (χ2n) is 6.65. The summed E-state index contributed by atoms with van der Waals surface area (Å²) in [5.74, 6) is -0.125. The van der Waals surface area contributed by atoms with Crippen molar-refractivity contribution in [2.45, 2.75) is 6.18 Å². The van der Waals surface area contributed by atoms with Crippen LogP contribution < -0.4 is 14.8 Å². The van der Waals surface area contributed by atoms with Crippen LogP contribution in [-0.2, 0) is 21.0 Å². The zero-order valence-electron chi connectivity index (χ0n) is 16.0. The number of fused-ring (bicyclic) bond motifs is 1. The van der Waals surface area contributed by atoms with Gasteiger partial charge in [-0.25, -0.2) is 8.42 Å². The summed E-state index contributed by atoms with van der Waals surface area (Å²) in [6, 6.07) is 7.38. The number of carbonyl (C=O) groups excluding carboxylic acids is 1. The number of sulfonamides is 1. The molecular weight excluding hydrogens is 457 g/mol. The lowest BCUT2D eigenvalue weighted by molar-refractivity contribution is -0.137. The van der Waals surface area contributed by atoms with Gasteiger partial charge in [0.05, 0.1) is 23.2 Å². The van der Waals surface area contributed by atoms with Crippen LogP contribution in [0.3, 0.4) is 0 Å². The molecule has 3 rings (SSSR count). The van der Waals surface area contributed by atoms with Gasteiger partial charge < -0.3 is 10.1 Å². The van der Waals surface area contributed by atoms with E-state index in [4.69, 9.17) is 16.3 Å². The highest BCUT2D eigenvalue weighted by Gasteiger charge is 2.31. The van der Waals surface area contributed by atoms with E-state index in [1.807, 2.05) is 0 Å². The summed E-state index contributed by atoms with van der Waals surface area (Å²) in [6.07, 6.45) is 0.481. The summed E-state index contributed by atoms with van der Waals surface area (Å²) in [7, 11) is -3.78. The molecule has 0 fully saturated rings. The number of carbonyl (C=O) groups is 1. The lowest BCUT2D eigenvalue weighted by Gasteiger charge is -2.16. The smallest absolute Gasteiger partial charge is 0.416 e. The highest BCUT2D eigenvalue weighted by Crippen LogP contribution is 2.34. The Morgan fingerprint density at radius 1 is 1.16 bits per heavy atom. The first-order chi connectivity index (χ1) is 14.4. The van der Waals surface area contributed by atoms with Crippen molar-refractivity contribution < 1.29 is 31.1 Å². The molecule has 0 bridgehead atoms. The lowest BCUT2D eigenvalue weighted by Crippen LogP contribution is -2.16. The third-order valence-corrected chi connectivity index (χ3v) is 4.88. The molecular formula is C20H16ClF3N2O4S. The largest absolute Gasteiger partial charge is 0.488 e. The Balaban J connectivity index is 1.82. The number of nitrogens with one attached hydrogen (secondary N) is 2. The maximum atomic E-state index is 13.0. The van der Waals surface area contributed by atoms with Crippen molar-refractivity contribution in [2.24, 2.45) is 0 Å². The molecule has 1 amide bonds. The number of amides is 1. The van der Waals surface area contributed by atoms with E-state index in [0.717, 1.165) is 24.0 Å². The molecule has 0 unspecified atom stereocenters. The van der Waals surface area contributed by atoms with Crippen LogP contribution in [0.25, 0.3) is 6.08 Å². The van der Waals surface area contributed by atoms with Crippen LogP contribution in [0.1, 0.15) is 11.1 Å². The summed E-state index contributed by atoms with van der Waals surface area (Å²) in [6.45, 7) is 0.183. The van der Waals surface area contributed by atoms with Gasteiger partial charge in [0.2, 0.25) is 15.9 Å². The number of benzene rings is 2. The Kier molecular flexibility index (Phi) is 6.33.